The van der Waals surface area contributed by atoms with Gasteiger partial charge < -0.3 is 20.6 Å². The molecule has 1 amide bonds. The first-order chi connectivity index (χ1) is 16.9. The molecule has 2 aromatic carbocycles. The molecule has 6 nitrogen and oxygen atoms in total. The van der Waals surface area contributed by atoms with E-state index in [1.54, 1.807) is 24.3 Å². The van der Waals surface area contributed by atoms with Crippen LogP contribution in [-0.4, -0.2) is 54.4 Å². The molecule has 0 saturated carbocycles. The first-order valence-electron chi connectivity index (χ1n) is 12.8. The summed E-state index contributed by atoms with van der Waals surface area (Å²) in [5.41, 5.74) is 7.58. The predicted molar refractivity (Wildman–Crippen MR) is 144 cm³/mol. The van der Waals surface area contributed by atoms with Crippen LogP contribution in [0.2, 0.25) is 5.02 Å². The Morgan fingerprint density at radius 2 is 1.60 bits per heavy atom. The summed E-state index contributed by atoms with van der Waals surface area (Å²) in [6, 6.07) is 12.6. The van der Waals surface area contributed by atoms with Crippen LogP contribution in [0.15, 0.2) is 42.5 Å². The number of hydrogen-bond donors (Lipinski definition) is 2. The van der Waals surface area contributed by atoms with Crippen molar-refractivity contribution in [1.29, 1.82) is 0 Å². The molecule has 0 atom stereocenters. The van der Waals surface area contributed by atoms with E-state index in [1.165, 1.54) is 63.7 Å². The van der Waals surface area contributed by atoms with Crippen molar-refractivity contribution in [3.8, 4) is 5.75 Å². The molecule has 0 aromatic heterocycles. The van der Waals surface area contributed by atoms with Crippen molar-refractivity contribution in [2.24, 2.45) is 5.73 Å². The molecule has 7 heteroatoms. The highest BCUT2D eigenvalue weighted by Gasteiger charge is 2.16. The summed E-state index contributed by atoms with van der Waals surface area (Å²) in [5.74, 6) is -1.35. The third-order valence-corrected chi connectivity index (χ3v) is 6.51. The fourth-order valence-corrected chi connectivity index (χ4v) is 4.56. The quantitative estimate of drug-likeness (QED) is 0.389. The lowest BCUT2D eigenvalue weighted by atomic mass is 10.1. The van der Waals surface area contributed by atoms with Gasteiger partial charge in [0.2, 0.25) is 5.78 Å². The van der Waals surface area contributed by atoms with Gasteiger partial charge in [-0.05, 0) is 94.4 Å². The molecule has 35 heavy (non-hydrogen) atoms. The first-order valence-corrected chi connectivity index (χ1v) is 13.2. The zero-order valence-electron chi connectivity index (χ0n) is 21.1. The molecular formula is C28H40ClN3O3. The standard InChI is InChI=1S/C13H18ClNO.C13H16N2O2.C2H6/c14-12-10-11(5-6-13(12)16)4-3-9-15-7-1-2-8-15;14-13(17)12(16)10-5-4-6-11(9-10)15-7-2-1-3-8-15;1-2/h5-6,10,16H,1-4,7-9H2;4-6,9H,1-3,7-8H2,(H2,14,17);1-2H3. The van der Waals surface area contributed by atoms with Crippen LogP contribution in [0.5, 0.6) is 5.75 Å². The Morgan fingerprint density at radius 3 is 2.23 bits per heavy atom. The molecule has 192 valence electrons. The fourth-order valence-electron chi connectivity index (χ4n) is 4.36. The maximum Gasteiger partial charge on any atom is 0.289 e. The number of phenols is 1. The number of benzene rings is 2. The van der Waals surface area contributed by atoms with Crippen molar-refractivity contribution in [2.75, 3.05) is 37.6 Å². The zero-order valence-corrected chi connectivity index (χ0v) is 21.9. The van der Waals surface area contributed by atoms with Crippen LogP contribution in [-0.2, 0) is 11.2 Å². The van der Waals surface area contributed by atoms with Gasteiger partial charge in [0, 0.05) is 24.3 Å². The summed E-state index contributed by atoms with van der Waals surface area (Å²) < 4.78 is 0. The Hall–Kier alpha value is -2.57. The molecule has 3 N–H and O–H groups in total. The number of halogens is 1. The molecule has 2 aromatic rings. The number of nitrogens with two attached hydrogens (primary N) is 1. The van der Waals surface area contributed by atoms with Crippen molar-refractivity contribution in [1.82, 2.24) is 4.90 Å². The first kappa shape index (κ1) is 28.7. The molecule has 2 heterocycles. The van der Waals surface area contributed by atoms with Crippen LogP contribution < -0.4 is 10.6 Å². The van der Waals surface area contributed by atoms with Crippen LogP contribution in [0.1, 0.15) is 68.3 Å². The van der Waals surface area contributed by atoms with E-state index in [1.807, 2.05) is 32.0 Å². The minimum absolute atomic E-state index is 0.171. The molecule has 2 fully saturated rings. The van der Waals surface area contributed by atoms with E-state index < -0.39 is 11.7 Å². The van der Waals surface area contributed by atoms with Gasteiger partial charge in [-0.1, -0.05) is 43.6 Å². The molecule has 0 unspecified atom stereocenters. The van der Waals surface area contributed by atoms with E-state index in [4.69, 9.17) is 17.3 Å². The van der Waals surface area contributed by atoms with Crippen molar-refractivity contribution < 1.29 is 14.7 Å². The number of likely N-dealkylation sites (tertiary alicyclic amines) is 1. The van der Waals surface area contributed by atoms with Gasteiger partial charge in [-0.3, -0.25) is 9.59 Å². The van der Waals surface area contributed by atoms with Crippen molar-refractivity contribution in [3.63, 3.8) is 0 Å². The maximum atomic E-state index is 11.5. The van der Waals surface area contributed by atoms with E-state index in [9.17, 15) is 14.7 Å². The SMILES string of the molecule is CC.NC(=O)C(=O)c1cccc(N2CCCCC2)c1.Oc1ccc(CCCN2CCCC2)cc1Cl. The molecule has 2 aliphatic rings. The Balaban J connectivity index is 0.000000231. The number of phenolic OH excluding ortho intramolecular Hbond substituents is 1. The number of primary amides is 1. The summed E-state index contributed by atoms with van der Waals surface area (Å²) in [7, 11) is 0. The van der Waals surface area contributed by atoms with Gasteiger partial charge in [0.1, 0.15) is 5.75 Å². The fraction of sp³-hybridized carbons (Fsp3) is 0.500. The number of carbonyl (C=O) groups excluding carboxylic acids is 2. The van der Waals surface area contributed by atoms with Gasteiger partial charge in [-0.15, -0.1) is 0 Å². The number of Topliss-reactive ketones (excluding diaryl/α,β-unsaturated/α-hetero) is 1. The van der Waals surface area contributed by atoms with Crippen molar-refractivity contribution in [3.05, 3.63) is 58.6 Å². The van der Waals surface area contributed by atoms with Crippen LogP contribution in [0.4, 0.5) is 5.69 Å². The molecule has 0 aliphatic carbocycles. The van der Waals surface area contributed by atoms with Gasteiger partial charge in [0.25, 0.3) is 5.91 Å². The highest BCUT2D eigenvalue weighted by Crippen LogP contribution is 2.24. The average Bonchev–Trinajstić information content (AvgIpc) is 3.41. The number of aromatic hydroxyl groups is 1. The minimum Gasteiger partial charge on any atom is -0.506 e. The van der Waals surface area contributed by atoms with E-state index in [2.05, 4.69) is 9.80 Å². The summed E-state index contributed by atoms with van der Waals surface area (Å²) in [4.78, 5) is 27.1. The number of hydrogen-bond acceptors (Lipinski definition) is 5. The highest BCUT2D eigenvalue weighted by molar-refractivity contribution is 6.42. The summed E-state index contributed by atoms with van der Waals surface area (Å²) >= 11 is 5.86. The number of piperidine rings is 1. The van der Waals surface area contributed by atoms with Crippen LogP contribution in [0.3, 0.4) is 0 Å². The summed E-state index contributed by atoms with van der Waals surface area (Å²) in [5, 5.41) is 9.76. The van der Waals surface area contributed by atoms with E-state index >= 15 is 0 Å². The monoisotopic (exact) mass is 501 g/mol. The lowest BCUT2D eigenvalue weighted by Gasteiger charge is -2.29. The Kier molecular flexibility index (Phi) is 12.6. The van der Waals surface area contributed by atoms with Crippen LogP contribution in [0.25, 0.3) is 0 Å². The van der Waals surface area contributed by atoms with Gasteiger partial charge in [0.05, 0.1) is 5.02 Å². The molecule has 4 rings (SSSR count). The Bertz CT molecular complexity index is 939. The smallest absolute Gasteiger partial charge is 0.289 e. The minimum atomic E-state index is -0.902. The van der Waals surface area contributed by atoms with Gasteiger partial charge >= 0.3 is 0 Å². The topological polar surface area (TPSA) is 86.9 Å². The van der Waals surface area contributed by atoms with Crippen molar-refractivity contribution in [2.45, 2.75) is 58.8 Å². The van der Waals surface area contributed by atoms with Gasteiger partial charge in [-0.25, -0.2) is 0 Å². The third kappa shape index (κ3) is 9.54. The number of nitrogens with zero attached hydrogens (tertiary/aromatic N) is 2. The van der Waals surface area contributed by atoms with Crippen LogP contribution in [0, 0.1) is 0 Å². The number of amides is 1. The largest absolute Gasteiger partial charge is 0.506 e. The number of aryl methyl sites for hydroxylation is 1. The Morgan fingerprint density at radius 1 is 0.943 bits per heavy atom. The van der Waals surface area contributed by atoms with Gasteiger partial charge in [0.15, 0.2) is 0 Å². The molecule has 0 bridgehead atoms. The number of anilines is 1. The molecule has 2 saturated heterocycles. The normalized spacial score (nSPS) is 15.5. The average molecular weight is 502 g/mol. The van der Waals surface area contributed by atoms with E-state index in [0.29, 0.717) is 10.6 Å². The predicted octanol–water partition coefficient (Wildman–Crippen LogP) is 5.45. The second-order valence-electron chi connectivity index (χ2n) is 8.73. The van der Waals surface area contributed by atoms with Gasteiger partial charge in [-0.2, -0.15) is 0 Å². The lowest BCUT2D eigenvalue weighted by molar-refractivity contribution is -0.114. The molecule has 2 aliphatic heterocycles. The Labute approximate surface area is 215 Å². The number of rotatable bonds is 7. The highest BCUT2D eigenvalue weighted by atomic mass is 35.5. The molecular weight excluding hydrogens is 462 g/mol. The van der Waals surface area contributed by atoms with Crippen LogP contribution >= 0.6 is 11.6 Å². The number of carbonyl (C=O) groups is 2. The second-order valence-corrected chi connectivity index (χ2v) is 9.14. The summed E-state index contributed by atoms with van der Waals surface area (Å²) in [6.45, 7) is 9.72. The van der Waals surface area contributed by atoms with E-state index in [0.717, 1.165) is 25.2 Å². The third-order valence-electron chi connectivity index (χ3n) is 6.20. The summed E-state index contributed by atoms with van der Waals surface area (Å²) in [6.07, 6.45) is 8.52. The van der Waals surface area contributed by atoms with E-state index in [-0.39, 0.29) is 5.75 Å². The van der Waals surface area contributed by atoms with Crippen molar-refractivity contribution >= 4 is 29.0 Å². The second kappa shape index (κ2) is 15.4. The molecule has 0 spiro atoms. The zero-order chi connectivity index (χ0) is 25.6. The number of ketones is 1. The molecule has 0 radical (unpaired) electrons. The maximum absolute atomic E-state index is 11.5. The lowest BCUT2D eigenvalue weighted by Crippen LogP contribution is -2.29.